The van der Waals surface area contributed by atoms with E-state index >= 15 is 0 Å². The zero-order chi connectivity index (χ0) is 18.1. The van der Waals surface area contributed by atoms with Gasteiger partial charge in [-0.05, 0) is 31.7 Å². The Kier molecular flexibility index (Phi) is 6.34. The van der Waals surface area contributed by atoms with Crippen molar-refractivity contribution in [2.75, 3.05) is 19.6 Å². The summed E-state index contributed by atoms with van der Waals surface area (Å²) in [7, 11) is 0. The highest BCUT2D eigenvalue weighted by Crippen LogP contribution is 2.38. The fourth-order valence-electron chi connectivity index (χ4n) is 4.24. The zero-order valence-electron chi connectivity index (χ0n) is 15.3. The van der Waals surface area contributed by atoms with Crippen molar-refractivity contribution in [3.05, 3.63) is 50.3 Å². The highest BCUT2D eigenvalue weighted by atomic mass is 35.5. The summed E-state index contributed by atoms with van der Waals surface area (Å²) in [5.41, 5.74) is 2.11. The molecule has 0 unspecified atom stereocenters. The van der Waals surface area contributed by atoms with Gasteiger partial charge in [0, 0.05) is 49.1 Å². The minimum atomic E-state index is 0. The second-order valence-corrected chi connectivity index (χ2v) is 8.30. The van der Waals surface area contributed by atoms with E-state index in [9.17, 15) is 9.59 Å². The van der Waals surface area contributed by atoms with E-state index in [-0.39, 0.29) is 29.9 Å². The Morgan fingerprint density at radius 3 is 3.04 bits per heavy atom. The maximum Gasteiger partial charge on any atom is 0.251 e. The summed E-state index contributed by atoms with van der Waals surface area (Å²) in [6, 6.07) is 5.54. The molecule has 2 N–H and O–H groups in total. The van der Waals surface area contributed by atoms with Crippen molar-refractivity contribution >= 4 is 29.7 Å². The zero-order valence-corrected chi connectivity index (χ0v) is 16.9. The van der Waals surface area contributed by atoms with Crippen molar-refractivity contribution in [3.8, 4) is 0 Å². The molecule has 4 rings (SSSR count). The highest BCUT2D eigenvalue weighted by Gasteiger charge is 2.37. The van der Waals surface area contributed by atoms with Crippen LogP contribution in [0.3, 0.4) is 0 Å². The molecule has 2 aliphatic rings. The van der Waals surface area contributed by atoms with Gasteiger partial charge >= 0.3 is 0 Å². The van der Waals surface area contributed by atoms with E-state index < -0.39 is 0 Å². The molecule has 1 saturated heterocycles. The average Bonchev–Trinajstić information content (AvgIpc) is 3.06. The molecule has 27 heavy (non-hydrogen) atoms. The molecular formula is C19H25ClN4O2S. The van der Waals surface area contributed by atoms with Gasteiger partial charge in [-0.3, -0.25) is 9.59 Å². The number of pyridine rings is 1. The summed E-state index contributed by atoms with van der Waals surface area (Å²) in [5, 5.41) is 9.56. The molecule has 2 aromatic heterocycles. The molecule has 4 heterocycles. The average molecular weight is 409 g/mol. The number of nitrogens with zero attached hydrogens (tertiary/aromatic N) is 2. The van der Waals surface area contributed by atoms with Crippen LogP contribution in [0, 0.1) is 12.8 Å². The number of rotatable bonds is 5. The van der Waals surface area contributed by atoms with E-state index in [1.165, 1.54) is 0 Å². The lowest BCUT2D eigenvalue weighted by Gasteiger charge is -2.43. The van der Waals surface area contributed by atoms with Gasteiger partial charge in [-0.25, -0.2) is 4.98 Å². The first-order chi connectivity index (χ1) is 12.6. The number of aryl methyl sites for hydroxylation is 2. The lowest BCUT2D eigenvalue weighted by atomic mass is 9.79. The molecule has 0 spiro atoms. The minimum Gasteiger partial charge on any atom is -0.354 e. The smallest absolute Gasteiger partial charge is 0.251 e. The molecule has 2 aliphatic heterocycles. The first-order valence-electron chi connectivity index (χ1n) is 9.21. The van der Waals surface area contributed by atoms with Crippen molar-refractivity contribution in [2.24, 2.45) is 5.92 Å². The number of aromatic nitrogens is 2. The molecule has 0 aromatic carbocycles. The van der Waals surface area contributed by atoms with Gasteiger partial charge in [-0.2, -0.15) is 0 Å². The van der Waals surface area contributed by atoms with Crippen LogP contribution in [0.15, 0.2) is 28.4 Å². The highest BCUT2D eigenvalue weighted by molar-refractivity contribution is 7.09. The SMILES string of the molecule is Cc1nc(CCC(=O)NC[C@H]2[C@@H]3CNC[C@@H](C3)c3cccc(=O)n32)cs1.Cl. The van der Waals surface area contributed by atoms with Gasteiger partial charge < -0.3 is 15.2 Å². The van der Waals surface area contributed by atoms with Crippen LogP contribution < -0.4 is 16.2 Å². The normalized spacial score (nSPS) is 23.2. The quantitative estimate of drug-likeness (QED) is 0.793. The molecule has 0 aliphatic carbocycles. The Hall–Kier alpha value is -1.70. The Labute approximate surface area is 168 Å². The third-order valence-electron chi connectivity index (χ3n) is 5.48. The fraction of sp³-hybridized carbons (Fsp3) is 0.526. The summed E-state index contributed by atoms with van der Waals surface area (Å²) >= 11 is 1.61. The van der Waals surface area contributed by atoms with E-state index in [2.05, 4.69) is 21.7 Å². The van der Waals surface area contributed by atoms with Gasteiger partial charge in [0.2, 0.25) is 5.91 Å². The number of amides is 1. The number of hydrogen-bond acceptors (Lipinski definition) is 5. The van der Waals surface area contributed by atoms with Crippen molar-refractivity contribution < 1.29 is 4.79 Å². The Morgan fingerprint density at radius 2 is 2.26 bits per heavy atom. The summed E-state index contributed by atoms with van der Waals surface area (Å²) in [6.45, 7) is 4.30. The van der Waals surface area contributed by atoms with E-state index in [1.54, 1.807) is 17.4 Å². The maximum atomic E-state index is 12.5. The molecule has 2 aromatic rings. The number of piperidine rings is 1. The Morgan fingerprint density at radius 1 is 1.41 bits per heavy atom. The topological polar surface area (TPSA) is 76.0 Å². The summed E-state index contributed by atoms with van der Waals surface area (Å²) in [5.74, 6) is 0.789. The van der Waals surface area contributed by atoms with Crippen LogP contribution in [-0.2, 0) is 11.2 Å². The van der Waals surface area contributed by atoms with Crippen LogP contribution in [-0.4, -0.2) is 35.1 Å². The van der Waals surface area contributed by atoms with Gasteiger partial charge in [-0.15, -0.1) is 23.7 Å². The number of nitrogens with one attached hydrogen (secondary N) is 2. The molecule has 2 bridgehead atoms. The van der Waals surface area contributed by atoms with Crippen LogP contribution in [0.25, 0.3) is 0 Å². The van der Waals surface area contributed by atoms with E-state index in [0.717, 1.165) is 35.9 Å². The molecule has 3 atom stereocenters. The molecule has 6 nitrogen and oxygen atoms in total. The number of hydrogen-bond donors (Lipinski definition) is 2. The fourth-order valence-corrected chi connectivity index (χ4v) is 4.89. The molecule has 146 valence electrons. The standard InChI is InChI=1S/C19H24N4O2S.ClH/c1-12-22-15(11-26-12)5-6-18(24)21-10-17-14-7-13(8-20-9-14)16-3-2-4-19(25)23(16)17;/h2-4,11,13-14,17,20H,5-10H2,1H3,(H,21,24);1H/t13-,14+,17+;/m1./s1. The van der Waals surface area contributed by atoms with Crippen LogP contribution >= 0.6 is 23.7 Å². The summed E-state index contributed by atoms with van der Waals surface area (Å²) in [4.78, 5) is 29.2. The lowest BCUT2D eigenvalue weighted by molar-refractivity contribution is -0.121. The van der Waals surface area contributed by atoms with Gasteiger partial charge in [-0.1, -0.05) is 6.07 Å². The first kappa shape index (κ1) is 20.0. The Bertz CT molecular complexity index is 865. The number of fused-ring (bicyclic) bond motifs is 4. The second-order valence-electron chi connectivity index (χ2n) is 7.24. The van der Waals surface area contributed by atoms with Crippen molar-refractivity contribution in [2.45, 2.75) is 38.1 Å². The van der Waals surface area contributed by atoms with Gasteiger partial charge in [0.25, 0.3) is 5.56 Å². The van der Waals surface area contributed by atoms with Crippen molar-refractivity contribution in [1.29, 1.82) is 0 Å². The van der Waals surface area contributed by atoms with Crippen LogP contribution in [0.4, 0.5) is 0 Å². The Balaban J connectivity index is 0.00000210. The molecule has 1 amide bonds. The predicted octanol–water partition coefficient (Wildman–Crippen LogP) is 2.03. The van der Waals surface area contributed by atoms with Crippen LogP contribution in [0.2, 0.25) is 0 Å². The van der Waals surface area contributed by atoms with Gasteiger partial charge in [0.15, 0.2) is 0 Å². The van der Waals surface area contributed by atoms with Crippen LogP contribution in [0.1, 0.15) is 41.2 Å². The van der Waals surface area contributed by atoms with Crippen LogP contribution in [0.5, 0.6) is 0 Å². The third-order valence-corrected chi connectivity index (χ3v) is 6.31. The first-order valence-corrected chi connectivity index (χ1v) is 10.1. The number of halogens is 1. The predicted molar refractivity (Wildman–Crippen MR) is 109 cm³/mol. The number of thiazole rings is 1. The number of carbonyl (C=O) groups is 1. The second kappa shape index (κ2) is 8.54. The molecule has 0 saturated carbocycles. The largest absolute Gasteiger partial charge is 0.354 e. The molecule has 1 fully saturated rings. The summed E-state index contributed by atoms with van der Waals surface area (Å²) in [6.07, 6.45) is 2.16. The maximum absolute atomic E-state index is 12.5. The van der Waals surface area contributed by atoms with E-state index in [4.69, 9.17) is 0 Å². The van der Waals surface area contributed by atoms with E-state index in [0.29, 0.717) is 31.2 Å². The molecular weight excluding hydrogens is 384 g/mol. The monoisotopic (exact) mass is 408 g/mol. The molecule has 0 radical (unpaired) electrons. The lowest BCUT2D eigenvalue weighted by Crippen LogP contribution is -2.50. The van der Waals surface area contributed by atoms with Crippen molar-refractivity contribution in [3.63, 3.8) is 0 Å². The minimum absolute atomic E-state index is 0. The molecule has 8 heteroatoms. The third kappa shape index (κ3) is 4.25. The van der Waals surface area contributed by atoms with Crippen molar-refractivity contribution in [1.82, 2.24) is 20.2 Å². The van der Waals surface area contributed by atoms with Gasteiger partial charge in [0.05, 0.1) is 16.7 Å². The van der Waals surface area contributed by atoms with Gasteiger partial charge in [0.1, 0.15) is 0 Å². The van der Waals surface area contributed by atoms with E-state index in [1.807, 2.05) is 22.9 Å². The number of carbonyl (C=O) groups excluding carboxylic acids is 1. The summed E-state index contributed by atoms with van der Waals surface area (Å²) < 4.78 is 1.92.